The summed E-state index contributed by atoms with van der Waals surface area (Å²) < 4.78 is 6.50. The van der Waals surface area contributed by atoms with E-state index in [4.69, 9.17) is 4.74 Å². The normalized spacial score (nSPS) is 14.9. The van der Waals surface area contributed by atoms with E-state index in [9.17, 15) is 9.59 Å². The Morgan fingerprint density at radius 2 is 1.77 bits per heavy atom. The van der Waals surface area contributed by atoms with Crippen LogP contribution in [0.15, 0.2) is 46.9 Å². The molecular weight excluding hydrogens is 458 g/mol. The van der Waals surface area contributed by atoms with Crippen molar-refractivity contribution in [3.63, 3.8) is 0 Å². The third-order valence-electron chi connectivity index (χ3n) is 5.34. The van der Waals surface area contributed by atoms with Crippen LogP contribution in [-0.2, 0) is 10.2 Å². The van der Waals surface area contributed by atoms with Crippen LogP contribution in [-0.4, -0.2) is 61.4 Å². The molecule has 31 heavy (non-hydrogen) atoms. The third-order valence-corrected chi connectivity index (χ3v) is 5.96. The van der Waals surface area contributed by atoms with Crippen molar-refractivity contribution in [2.24, 2.45) is 0 Å². The summed E-state index contributed by atoms with van der Waals surface area (Å²) >= 11 is 3.52. The number of amides is 2. The molecule has 0 saturated carbocycles. The van der Waals surface area contributed by atoms with Crippen molar-refractivity contribution in [2.75, 3.05) is 45.2 Å². The second kappa shape index (κ2) is 9.83. The van der Waals surface area contributed by atoms with E-state index in [0.717, 1.165) is 17.6 Å². The minimum Gasteiger partial charge on any atom is -0.483 e. The lowest BCUT2D eigenvalue weighted by Crippen LogP contribution is -2.47. The van der Waals surface area contributed by atoms with E-state index in [2.05, 4.69) is 54.0 Å². The summed E-state index contributed by atoms with van der Waals surface area (Å²) in [6, 6.07) is 12.9. The van der Waals surface area contributed by atoms with Crippen molar-refractivity contribution in [1.29, 1.82) is 0 Å². The van der Waals surface area contributed by atoms with Crippen molar-refractivity contribution in [3.8, 4) is 5.75 Å². The molecular formula is C24H30BrN3O3. The van der Waals surface area contributed by atoms with Crippen LogP contribution in [0.3, 0.4) is 0 Å². The average molecular weight is 488 g/mol. The Bertz CT molecular complexity index is 947. The first-order chi connectivity index (χ1) is 14.6. The van der Waals surface area contributed by atoms with E-state index < -0.39 is 0 Å². The zero-order valence-corrected chi connectivity index (χ0v) is 20.2. The van der Waals surface area contributed by atoms with Crippen molar-refractivity contribution in [2.45, 2.75) is 26.2 Å². The van der Waals surface area contributed by atoms with Gasteiger partial charge in [-0.3, -0.25) is 9.59 Å². The molecule has 0 unspecified atom stereocenters. The van der Waals surface area contributed by atoms with Crippen LogP contribution in [0.5, 0.6) is 5.75 Å². The highest BCUT2D eigenvalue weighted by molar-refractivity contribution is 9.10. The predicted molar refractivity (Wildman–Crippen MR) is 127 cm³/mol. The molecule has 3 rings (SSSR count). The first-order valence-electron chi connectivity index (χ1n) is 10.4. The van der Waals surface area contributed by atoms with Gasteiger partial charge in [0.05, 0.1) is 4.47 Å². The Kier molecular flexibility index (Phi) is 7.38. The summed E-state index contributed by atoms with van der Waals surface area (Å²) in [7, 11) is 2.05. The molecule has 1 heterocycles. The van der Waals surface area contributed by atoms with Crippen molar-refractivity contribution < 1.29 is 14.3 Å². The molecule has 166 valence electrons. The summed E-state index contributed by atoms with van der Waals surface area (Å²) in [5.41, 5.74) is 2.36. The van der Waals surface area contributed by atoms with Gasteiger partial charge < -0.3 is 19.9 Å². The number of benzene rings is 2. The number of halogens is 1. The highest BCUT2D eigenvalue weighted by atomic mass is 79.9. The molecule has 1 N–H and O–H groups in total. The van der Waals surface area contributed by atoms with Gasteiger partial charge in [0.1, 0.15) is 5.75 Å². The second-order valence-electron chi connectivity index (χ2n) is 8.91. The molecule has 0 spiro atoms. The largest absolute Gasteiger partial charge is 0.483 e. The van der Waals surface area contributed by atoms with Gasteiger partial charge in [0.15, 0.2) is 6.61 Å². The van der Waals surface area contributed by atoms with Gasteiger partial charge in [0.25, 0.3) is 11.8 Å². The van der Waals surface area contributed by atoms with Crippen molar-refractivity contribution in [3.05, 3.63) is 58.1 Å². The van der Waals surface area contributed by atoms with Crippen LogP contribution in [0.2, 0.25) is 0 Å². The number of ether oxygens (including phenoxy) is 1. The molecule has 2 aromatic carbocycles. The molecule has 0 bridgehead atoms. The summed E-state index contributed by atoms with van der Waals surface area (Å²) in [5, 5.41) is 2.81. The van der Waals surface area contributed by atoms with Crippen LogP contribution in [0, 0.1) is 0 Å². The maximum absolute atomic E-state index is 12.8. The minimum absolute atomic E-state index is 0.0108. The number of piperazine rings is 1. The molecule has 6 nitrogen and oxygen atoms in total. The minimum atomic E-state index is -0.281. The molecule has 1 saturated heterocycles. The smallest absolute Gasteiger partial charge is 0.262 e. The Balaban J connectivity index is 1.57. The van der Waals surface area contributed by atoms with Crippen LogP contribution in [0.1, 0.15) is 36.7 Å². The van der Waals surface area contributed by atoms with E-state index >= 15 is 0 Å². The number of likely N-dealkylation sites (N-methyl/N-ethyl adjacent to an activating group) is 1. The maximum Gasteiger partial charge on any atom is 0.262 e. The number of nitrogens with one attached hydrogen (secondary N) is 1. The second-order valence-corrected chi connectivity index (χ2v) is 9.76. The van der Waals surface area contributed by atoms with E-state index in [1.165, 1.54) is 5.56 Å². The highest BCUT2D eigenvalue weighted by Crippen LogP contribution is 2.31. The standard InChI is InChI=1S/C24H30BrN3O3/c1-24(2,3)18-8-9-21(20(25)15-18)31-16-22(29)26-19-7-5-6-17(14-19)23(30)28-12-10-27(4)11-13-28/h5-9,14-15H,10-13,16H2,1-4H3,(H,26,29). The molecule has 1 fully saturated rings. The van der Waals surface area contributed by atoms with E-state index in [0.29, 0.717) is 30.1 Å². The van der Waals surface area contributed by atoms with Crippen molar-refractivity contribution >= 4 is 33.4 Å². The van der Waals surface area contributed by atoms with Gasteiger partial charge in [0, 0.05) is 37.4 Å². The monoisotopic (exact) mass is 487 g/mol. The molecule has 1 aliphatic rings. The number of rotatable bonds is 5. The molecule has 1 aliphatic heterocycles. The average Bonchev–Trinajstić information content (AvgIpc) is 2.72. The number of nitrogens with zero attached hydrogens (tertiary/aromatic N) is 2. The molecule has 7 heteroatoms. The quantitative estimate of drug-likeness (QED) is 0.687. The van der Waals surface area contributed by atoms with E-state index in [1.807, 2.05) is 23.1 Å². The number of hydrogen-bond acceptors (Lipinski definition) is 4. The topological polar surface area (TPSA) is 61.9 Å². The number of carbonyl (C=O) groups excluding carboxylic acids is 2. The van der Waals surface area contributed by atoms with E-state index in [1.54, 1.807) is 24.3 Å². The summed E-state index contributed by atoms with van der Waals surface area (Å²) in [6.45, 7) is 9.47. The lowest BCUT2D eigenvalue weighted by molar-refractivity contribution is -0.118. The summed E-state index contributed by atoms with van der Waals surface area (Å²) in [6.07, 6.45) is 0. The Labute approximate surface area is 192 Å². The number of carbonyl (C=O) groups is 2. The lowest BCUT2D eigenvalue weighted by atomic mass is 9.87. The van der Waals surface area contributed by atoms with E-state index in [-0.39, 0.29) is 23.8 Å². The fraction of sp³-hybridized carbons (Fsp3) is 0.417. The Morgan fingerprint density at radius 3 is 2.42 bits per heavy atom. The zero-order valence-electron chi connectivity index (χ0n) is 18.6. The van der Waals surface area contributed by atoms with Gasteiger partial charge >= 0.3 is 0 Å². The van der Waals surface area contributed by atoms with Gasteiger partial charge in [-0.1, -0.05) is 32.9 Å². The fourth-order valence-corrected chi connectivity index (χ4v) is 3.84. The molecule has 2 aromatic rings. The molecule has 0 atom stereocenters. The van der Waals surface area contributed by atoms with Crippen LogP contribution < -0.4 is 10.1 Å². The predicted octanol–water partition coefficient (Wildman–Crippen LogP) is 4.15. The zero-order chi connectivity index (χ0) is 22.6. The molecule has 0 aliphatic carbocycles. The van der Waals surface area contributed by atoms with Gasteiger partial charge in [-0.05, 0) is 64.3 Å². The molecule has 0 radical (unpaired) electrons. The molecule has 2 amide bonds. The Hall–Kier alpha value is -2.38. The van der Waals surface area contributed by atoms with Gasteiger partial charge in [-0.2, -0.15) is 0 Å². The third kappa shape index (κ3) is 6.31. The number of hydrogen-bond donors (Lipinski definition) is 1. The van der Waals surface area contributed by atoms with Crippen molar-refractivity contribution in [1.82, 2.24) is 9.80 Å². The SMILES string of the molecule is CN1CCN(C(=O)c2cccc(NC(=O)COc3ccc(C(C)(C)C)cc3Br)c2)CC1. The first-order valence-corrected chi connectivity index (χ1v) is 11.2. The fourth-order valence-electron chi connectivity index (χ4n) is 3.35. The maximum atomic E-state index is 12.8. The van der Waals surface area contributed by atoms with Crippen LogP contribution in [0.25, 0.3) is 0 Å². The lowest BCUT2D eigenvalue weighted by Gasteiger charge is -2.32. The molecule has 0 aromatic heterocycles. The van der Waals surface area contributed by atoms with Gasteiger partial charge in [-0.25, -0.2) is 0 Å². The first kappa shape index (κ1) is 23.3. The summed E-state index contributed by atoms with van der Waals surface area (Å²) in [4.78, 5) is 29.2. The van der Waals surface area contributed by atoms with Crippen LogP contribution in [0.4, 0.5) is 5.69 Å². The Morgan fingerprint density at radius 1 is 1.06 bits per heavy atom. The number of anilines is 1. The van der Waals surface area contributed by atoms with Crippen LogP contribution >= 0.6 is 15.9 Å². The van der Waals surface area contributed by atoms with Gasteiger partial charge in [0.2, 0.25) is 0 Å². The highest BCUT2D eigenvalue weighted by Gasteiger charge is 2.21. The summed E-state index contributed by atoms with van der Waals surface area (Å²) in [5.74, 6) is 0.321. The van der Waals surface area contributed by atoms with Gasteiger partial charge in [-0.15, -0.1) is 0 Å².